The molecule has 1 aliphatic heterocycles. The van der Waals surface area contributed by atoms with Gasteiger partial charge in [0.2, 0.25) is 10.0 Å². The molecule has 0 radical (unpaired) electrons. The molecule has 108 valence electrons. The van der Waals surface area contributed by atoms with Crippen LogP contribution in [-0.2, 0) is 23.6 Å². The summed E-state index contributed by atoms with van der Waals surface area (Å²) in [6, 6.07) is 10.2. The summed E-state index contributed by atoms with van der Waals surface area (Å²) in [5.74, 6) is 0.794. The van der Waals surface area contributed by atoms with Gasteiger partial charge in [-0.25, -0.2) is 8.42 Å². The summed E-state index contributed by atoms with van der Waals surface area (Å²) in [5.41, 5.74) is 3.10. The van der Waals surface area contributed by atoms with Crippen molar-refractivity contribution in [3.63, 3.8) is 0 Å². The Kier molecular flexibility index (Phi) is 2.47. The number of anilines is 1. The minimum Gasteiger partial charge on any atom is -0.351 e. The SMILES string of the molecule is Cn1ccc2cc(-c3ccn4c3NS(=O)(=O)CC4)ccc21. The normalized spacial score (nSPS) is 16.6. The monoisotopic (exact) mass is 301 g/mol. The first-order chi connectivity index (χ1) is 10.0. The van der Waals surface area contributed by atoms with Crippen molar-refractivity contribution in [2.24, 2.45) is 7.05 Å². The number of aromatic nitrogens is 2. The van der Waals surface area contributed by atoms with Gasteiger partial charge in [0.05, 0.1) is 5.75 Å². The van der Waals surface area contributed by atoms with Crippen LogP contribution in [0.5, 0.6) is 0 Å². The quantitative estimate of drug-likeness (QED) is 0.750. The molecule has 21 heavy (non-hydrogen) atoms. The molecular formula is C15H15N3O2S. The number of nitrogens with one attached hydrogen (secondary N) is 1. The van der Waals surface area contributed by atoms with Crippen LogP contribution in [0.2, 0.25) is 0 Å². The van der Waals surface area contributed by atoms with Crippen molar-refractivity contribution in [3.05, 3.63) is 42.7 Å². The van der Waals surface area contributed by atoms with Crippen LogP contribution in [0.1, 0.15) is 0 Å². The van der Waals surface area contributed by atoms with Crippen molar-refractivity contribution >= 4 is 26.7 Å². The molecule has 0 saturated heterocycles. The second-order valence-corrected chi connectivity index (χ2v) is 7.23. The number of nitrogens with zero attached hydrogens (tertiary/aromatic N) is 2. The van der Waals surface area contributed by atoms with Crippen molar-refractivity contribution in [1.29, 1.82) is 0 Å². The molecule has 3 aromatic rings. The van der Waals surface area contributed by atoms with Gasteiger partial charge in [-0.2, -0.15) is 0 Å². The number of benzene rings is 1. The van der Waals surface area contributed by atoms with E-state index >= 15 is 0 Å². The van der Waals surface area contributed by atoms with Gasteiger partial charge in [0.15, 0.2) is 0 Å². The molecule has 0 spiro atoms. The van der Waals surface area contributed by atoms with Gasteiger partial charge in [0.25, 0.3) is 0 Å². The molecule has 2 aromatic heterocycles. The van der Waals surface area contributed by atoms with E-state index in [4.69, 9.17) is 0 Å². The van der Waals surface area contributed by atoms with Gasteiger partial charge in [-0.3, -0.25) is 4.72 Å². The van der Waals surface area contributed by atoms with Gasteiger partial charge in [-0.1, -0.05) is 6.07 Å². The summed E-state index contributed by atoms with van der Waals surface area (Å²) < 4.78 is 30.2. The molecule has 6 heteroatoms. The fourth-order valence-electron chi connectivity index (χ4n) is 2.87. The number of fused-ring (bicyclic) bond motifs is 2. The maximum absolute atomic E-state index is 11.8. The van der Waals surface area contributed by atoms with E-state index in [0.29, 0.717) is 12.4 Å². The summed E-state index contributed by atoms with van der Waals surface area (Å²) in [6.45, 7) is 0.498. The number of aryl methyl sites for hydroxylation is 2. The van der Waals surface area contributed by atoms with Gasteiger partial charge >= 0.3 is 0 Å². The second kappa shape index (κ2) is 4.14. The van der Waals surface area contributed by atoms with Gasteiger partial charge in [-0.05, 0) is 29.8 Å². The van der Waals surface area contributed by atoms with E-state index in [9.17, 15) is 8.42 Å². The lowest BCUT2D eigenvalue weighted by Gasteiger charge is -2.19. The molecular weight excluding hydrogens is 286 g/mol. The lowest BCUT2D eigenvalue weighted by molar-refractivity contribution is 0.588. The molecule has 1 aromatic carbocycles. The Hall–Kier alpha value is -2.21. The first kappa shape index (κ1) is 12.5. The molecule has 0 aliphatic carbocycles. The predicted octanol–water partition coefficient (Wildman–Crippen LogP) is 2.40. The third kappa shape index (κ3) is 1.94. The fourth-order valence-corrected chi connectivity index (χ4v) is 3.93. The summed E-state index contributed by atoms with van der Waals surface area (Å²) >= 11 is 0. The number of rotatable bonds is 1. The van der Waals surface area contributed by atoms with Gasteiger partial charge < -0.3 is 9.13 Å². The molecule has 1 N–H and O–H groups in total. The highest BCUT2D eigenvalue weighted by Gasteiger charge is 2.23. The number of sulfonamides is 1. The highest BCUT2D eigenvalue weighted by molar-refractivity contribution is 7.92. The van der Waals surface area contributed by atoms with E-state index in [2.05, 4.69) is 27.5 Å². The molecule has 0 bridgehead atoms. The van der Waals surface area contributed by atoms with Crippen LogP contribution in [-0.4, -0.2) is 23.3 Å². The third-order valence-electron chi connectivity index (χ3n) is 4.01. The molecule has 0 amide bonds. The summed E-state index contributed by atoms with van der Waals surface area (Å²) in [4.78, 5) is 0. The van der Waals surface area contributed by atoms with Crippen molar-refractivity contribution in [1.82, 2.24) is 9.13 Å². The fraction of sp³-hybridized carbons (Fsp3) is 0.200. The van der Waals surface area contributed by atoms with Crippen LogP contribution in [0.4, 0.5) is 5.82 Å². The van der Waals surface area contributed by atoms with Crippen LogP contribution < -0.4 is 4.72 Å². The zero-order valence-corrected chi connectivity index (χ0v) is 12.4. The zero-order valence-electron chi connectivity index (χ0n) is 11.6. The van der Waals surface area contributed by atoms with Gasteiger partial charge in [-0.15, -0.1) is 0 Å². The molecule has 0 saturated carbocycles. The Balaban J connectivity index is 1.88. The first-order valence-electron chi connectivity index (χ1n) is 6.79. The van der Waals surface area contributed by atoms with Crippen molar-refractivity contribution < 1.29 is 8.42 Å². The molecule has 5 nitrogen and oxygen atoms in total. The highest BCUT2D eigenvalue weighted by Crippen LogP contribution is 2.33. The first-order valence-corrected chi connectivity index (χ1v) is 8.44. The van der Waals surface area contributed by atoms with E-state index < -0.39 is 10.0 Å². The van der Waals surface area contributed by atoms with Crippen LogP contribution in [0.25, 0.3) is 22.0 Å². The minimum atomic E-state index is -3.21. The summed E-state index contributed by atoms with van der Waals surface area (Å²) in [6.07, 6.45) is 3.95. The zero-order chi connectivity index (χ0) is 14.6. The molecule has 0 unspecified atom stereocenters. The van der Waals surface area contributed by atoms with Crippen LogP contribution in [0.3, 0.4) is 0 Å². The third-order valence-corrected chi connectivity index (χ3v) is 5.24. The second-order valence-electron chi connectivity index (χ2n) is 5.39. The van der Waals surface area contributed by atoms with Crippen LogP contribution >= 0.6 is 0 Å². The Bertz CT molecular complexity index is 951. The Labute approximate surface area is 122 Å². The molecule has 1 aliphatic rings. The Morgan fingerprint density at radius 1 is 1.14 bits per heavy atom. The van der Waals surface area contributed by atoms with Gasteiger partial charge in [0, 0.05) is 42.5 Å². The highest BCUT2D eigenvalue weighted by atomic mass is 32.2. The predicted molar refractivity (Wildman–Crippen MR) is 83.8 cm³/mol. The number of hydrogen-bond donors (Lipinski definition) is 1. The standard InChI is InChI=1S/C15H15N3O2S/c1-17-6-4-12-10-11(2-3-14(12)17)13-5-7-18-8-9-21(19,20)16-15(13)18/h2-7,10,16H,8-9H2,1H3. The maximum Gasteiger partial charge on any atom is 0.235 e. The molecule has 3 heterocycles. The van der Waals surface area contributed by atoms with E-state index in [1.165, 1.54) is 0 Å². The largest absolute Gasteiger partial charge is 0.351 e. The summed E-state index contributed by atoms with van der Waals surface area (Å²) in [7, 11) is -1.20. The van der Waals surface area contributed by atoms with E-state index in [1.807, 2.05) is 36.1 Å². The Morgan fingerprint density at radius 2 is 2.00 bits per heavy atom. The topological polar surface area (TPSA) is 56.0 Å². The van der Waals surface area contributed by atoms with Crippen LogP contribution in [0.15, 0.2) is 42.7 Å². The molecule has 0 fully saturated rings. The Morgan fingerprint density at radius 3 is 2.86 bits per heavy atom. The van der Waals surface area contributed by atoms with Crippen LogP contribution in [0, 0.1) is 0 Å². The average molecular weight is 301 g/mol. The van der Waals surface area contributed by atoms with Crippen molar-refractivity contribution in [2.45, 2.75) is 6.54 Å². The van der Waals surface area contributed by atoms with Crippen molar-refractivity contribution in [2.75, 3.05) is 10.5 Å². The van der Waals surface area contributed by atoms with Crippen molar-refractivity contribution in [3.8, 4) is 11.1 Å². The van der Waals surface area contributed by atoms with E-state index in [0.717, 1.165) is 22.0 Å². The lowest BCUT2D eigenvalue weighted by atomic mass is 10.1. The minimum absolute atomic E-state index is 0.131. The average Bonchev–Trinajstić information content (AvgIpc) is 3.01. The van der Waals surface area contributed by atoms with E-state index in [-0.39, 0.29) is 5.75 Å². The molecule has 0 atom stereocenters. The van der Waals surface area contributed by atoms with Gasteiger partial charge in [0.1, 0.15) is 5.82 Å². The number of hydrogen-bond acceptors (Lipinski definition) is 2. The molecule has 4 rings (SSSR count). The summed E-state index contributed by atoms with van der Waals surface area (Å²) in [5, 5.41) is 1.15. The lowest BCUT2D eigenvalue weighted by Crippen LogP contribution is -2.27. The smallest absolute Gasteiger partial charge is 0.235 e. The van der Waals surface area contributed by atoms with E-state index in [1.54, 1.807) is 0 Å². The maximum atomic E-state index is 11.8.